The van der Waals surface area contributed by atoms with Gasteiger partial charge in [-0.15, -0.1) is 0 Å². The van der Waals surface area contributed by atoms with Crippen molar-refractivity contribution < 1.29 is 18.0 Å². The standard InChI is InChI=1S/C30H36BrN3O4S/c1-5-23(3)32-30(36)28(19-24-9-7-6-8-10-24)33(20-25-13-15-26(31)16-14-25)29(35)21-34(39(4,37)38)27-17-11-22(2)12-18-27/h6-18,23,28H,5,19-21H2,1-4H3,(H,32,36). The van der Waals surface area contributed by atoms with Crippen LogP contribution < -0.4 is 9.62 Å². The lowest BCUT2D eigenvalue weighted by Crippen LogP contribution is -2.54. The van der Waals surface area contributed by atoms with Gasteiger partial charge in [0.1, 0.15) is 12.6 Å². The number of aryl methyl sites for hydroxylation is 1. The van der Waals surface area contributed by atoms with Crippen LogP contribution in [0.3, 0.4) is 0 Å². The minimum atomic E-state index is -3.79. The highest BCUT2D eigenvalue weighted by Gasteiger charge is 2.33. The monoisotopic (exact) mass is 613 g/mol. The predicted molar refractivity (Wildman–Crippen MR) is 160 cm³/mol. The van der Waals surface area contributed by atoms with Crippen LogP contribution in [0.2, 0.25) is 0 Å². The zero-order valence-corrected chi connectivity index (χ0v) is 25.2. The smallest absolute Gasteiger partial charge is 0.244 e. The predicted octanol–water partition coefficient (Wildman–Crippen LogP) is 5.08. The van der Waals surface area contributed by atoms with E-state index in [1.165, 1.54) is 4.90 Å². The molecule has 3 aromatic carbocycles. The fraction of sp³-hybridized carbons (Fsp3) is 0.333. The molecule has 0 aromatic heterocycles. The van der Waals surface area contributed by atoms with Crippen LogP contribution in [0.5, 0.6) is 0 Å². The third kappa shape index (κ3) is 8.93. The van der Waals surface area contributed by atoms with Crippen LogP contribution >= 0.6 is 15.9 Å². The maximum absolute atomic E-state index is 14.0. The summed E-state index contributed by atoms with van der Waals surface area (Å²) in [5, 5.41) is 3.03. The van der Waals surface area contributed by atoms with Crippen molar-refractivity contribution >= 4 is 43.5 Å². The van der Waals surface area contributed by atoms with E-state index >= 15 is 0 Å². The van der Waals surface area contributed by atoms with E-state index in [9.17, 15) is 18.0 Å². The molecule has 208 valence electrons. The second kappa shape index (κ2) is 13.8. The summed E-state index contributed by atoms with van der Waals surface area (Å²) in [4.78, 5) is 29.2. The molecular formula is C30H36BrN3O4S. The molecule has 0 heterocycles. The first-order valence-electron chi connectivity index (χ1n) is 12.9. The first kappa shape index (κ1) is 30.4. The van der Waals surface area contributed by atoms with Gasteiger partial charge in [-0.3, -0.25) is 13.9 Å². The van der Waals surface area contributed by atoms with E-state index in [1.54, 1.807) is 24.3 Å². The third-order valence-electron chi connectivity index (χ3n) is 6.54. The number of benzene rings is 3. The van der Waals surface area contributed by atoms with Gasteiger partial charge >= 0.3 is 0 Å². The van der Waals surface area contributed by atoms with Crippen LogP contribution in [0.15, 0.2) is 83.3 Å². The van der Waals surface area contributed by atoms with E-state index in [0.717, 1.165) is 38.1 Å². The molecule has 0 radical (unpaired) electrons. The number of nitrogens with one attached hydrogen (secondary N) is 1. The summed E-state index contributed by atoms with van der Waals surface area (Å²) in [7, 11) is -3.79. The third-order valence-corrected chi connectivity index (χ3v) is 8.21. The lowest BCUT2D eigenvalue weighted by atomic mass is 10.0. The molecule has 9 heteroatoms. The summed E-state index contributed by atoms with van der Waals surface area (Å²) >= 11 is 3.44. The quantitative estimate of drug-likeness (QED) is 0.309. The van der Waals surface area contributed by atoms with Gasteiger partial charge in [0.25, 0.3) is 0 Å². The van der Waals surface area contributed by atoms with Gasteiger partial charge in [-0.05, 0) is 55.7 Å². The van der Waals surface area contributed by atoms with Crippen LogP contribution in [0.25, 0.3) is 0 Å². The maximum atomic E-state index is 14.0. The molecule has 2 unspecified atom stereocenters. The average molecular weight is 615 g/mol. The summed E-state index contributed by atoms with van der Waals surface area (Å²) in [6.45, 7) is 5.52. The molecule has 0 aliphatic heterocycles. The summed E-state index contributed by atoms with van der Waals surface area (Å²) < 4.78 is 27.6. The van der Waals surface area contributed by atoms with Crippen LogP contribution in [-0.4, -0.2) is 50.0 Å². The molecule has 0 saturated carbocycles. The minimum absolute atomic E-state index is 0.0829. The Morgan fingerprint density at radius 2 is 1.54 bits per heavy atom. The zero-order chi connectivity index (χ0) is 28.6. The van der Waals surface area contributed by atoms with E-state index in [-0.39, 0.29) is 24.9 Å². The van der Waals surface area contributed by atoms with Crippen molar-refractivity contribution in [3.63, 3.8) is 0 Å². The Morgan fingerprint density at radius 3 is 2.10 bits per heavy atom. The number of carbonyl (C=O) groups is 2. The summed E-state index contributed by atoms with van der Waals surface area (Å²) in [5.74, 6) is -0.746. The number of hydrogen-bond acceptors (Lipinski definition) is 4. The van der Waals surface area contributed by atoms with Crippen molar-refractivity contribution in [1.29, 1.82) is 0 Å². The molecule has 0 spiro atoms. The first-order valence-corrected chi connectivity index (χ1v) is 15.5. The molecule has 0 fully saturated rings. The normalized spacial score (nSPS) is 12.8. The first-order chi connectivity index (χ1) is 18.5. The number of carbonyl (C=O) groups excluding carboxylic acids is 2. The van der Waals surface area contributed by atoms with Crippen LogP contribution in [0, 0.1) is 6.92 Å². The number of anilines is 1. The molecule has 1 N–H and O–H groups in total. The topological polar surface area (TPSA) is 86.8 Å². The average Bonchev–Trinajstić information content (AvgIpc) is 2.90. The second-order valence-electron chi connectivity index (χ2n) is 9.78. The highest BCUT2D eigenvalue weighted by atomic mass is 79.9. The van der Waals surface area contributed by atoms with E-state index in [4.69, 9.17) is 0 Å². The number of rotatable bonds is 12. The van der Waals surface area contributed by atoms with Gasteiger partial charge < -0.3 is 10.2 Å². The molecule has 39 heavy (non-hydrogen) atoms. The van der Waals surface area contributed by atoms with Crippen molar-refractivity contribution in [2.75, 3.05) is 17.1 Å². The number of sulfonamides is 1. The van der Waals surface area contributed by atoms with Gasteiger partial charge in [0.15, 0.2) is 0 Å². The molecule has 2 atom stereocenters. The van der Waals surface area contributed by atoms with Gasteiger partial charge in [0.2, 0.25) is 21.8 Å². The van der Waals surface area contributed by atoms with Crippen molar-refractivity contribution in [1.82, 2.24) is 10.2 Å². The van der Waals surface area contributed by atoms with Gasteiger partial charge in [-0.1, -0.05) is 83.0 Å². The summed E-state index contributed by atoms with van der Waals surface area (Å²) in [6.07, 6.45) is 2.10. The summed E-state index contributed by atoms with van der Waals surface area (Å²) in [6, 6.07) is 23.1. The maximum Gasteiger partial charge on any atom is 0.244 e. The summed E-state index contributed by atoms with van der Waals surface area (Å²) in [5.41, 5.74) is 3.08. The number of hydrogen-bond donors (Lipinski definition) is 1. The Bertz CT molecular complexity index is 1350. The van der Waals surface area contributed by atoms with Crippen molar-refractivity contribution in [2.24, 2.45) is 0 Å². The molecule has 2 amide bonds. The molecule has 7 nitrogen and oxygen atoms in total. The molecular weight excluding hydrogens is 578 g/mol. The van der Waals surface area contributed by atoms with Crippen LogP contribution in [0.4, 0.5) is 5.69 Å². The molecule has 0 aliphatic rings. The fourth-order valence-corrected chi connectivity index (χ4v) is 5.22. The molecule has 3 rings (SSSR count). The number of halogens is 1. The van der Waals surface area contributed by atoms with Crippen molar-refractivity contribution in [2.45, 2.75) is 52.2 Å². The van der Waals surface area contributed by atoms with E-state index in [2.05, 4.69) is 21.2 Å². The molecule has 3 aromatic rings. The van der Waals surface area contributed by atoms with E-state index < -0.39 is 28.5 Å². The number of nitrogens with zero attached hydrogens (tertiary/aromatic N) is 2. The highest BCUT2D eigenvalue weighted by Crippen LogP contribution is 2.21. The largest absolute Gasteiger partial charge is 0.352 e. The molecule has 0 saturated heterocycles. The van der Waals surface area contributed by atoms with E-state index in [0.29, 0.717) is 5.69 Å². The van der Waals surface area contributed by atoms with Gasteiger partial charge in [-0.25, -0.2) is 8.42 Å². The Balaban J connectivity index is 2.04. The number of amides is 2. The Hall–Kier alpha value is -3.17. The van der Waals surface area contributed by atoms with Gasteiger partial charge in [0.05, 0.1) is 11.9 Å². The Labute approximate surface area is 240 Å². The second-order valence-corrected chi connectivity index (χ2v) is 12.6. The Morgan fingerprint density at radius 1 is 0.923 bits per heavy atom. The fourth-order valence-electron chi connectivity index (χ4n) is 4.11. The minimum Gasteiger partial charge on any atom is -0.352 e. The molecule has 0 aliphatic carbocycles. The SMILES string of the molecule is CCC(C)NC(=O)C(Cc1ccccc1)N(Cc1ccc(Br)cc1)C(=O)CN(c1ccc(C)cc1)S(C)(=O)=O. The van der Waals surface area contributed by atoms with Crippen molar-refractivity contribution in [3.8, 4) is 0 Å². The zero-order valence-electron chi connectivity index (χ0n) is 22.8. The van der Waals surface area contributed by atoms with Crippen LogP contribution in [-0.2, 0) is 32.6 Å². The highest BCUT2D eigenvalue weighted by molar-refractivity contribution is 9.10. The van der Waals surface area contributed by atoms with Crippen LogP contribution in [0.1, 0.15) is 37.0 Å². The molecule has 0 bridgehead atoms. The van der Waals surface area contributed by atoms with Gasteiger partial charge in [-0.2, -0.15) is 0 Å². The lowest BCUT2D eigenvalue weighted by Gasteiger charge is -2.34. The van der Waals surface area contributed by atoms with E-state index in [1.807, 2.05) is 75.4 Å². The van der Waals surface area contributed by atoms with Gasteiger partial charge in [0, 0.05) is 23.5 Å². The lowest BCUT2D eigenvalue weighted by molar-refractivity contribution is -0.140. The van der Waals surface area contributed by atoms with Crippen molar-refractivity contribution in [3.05, 3.63) is 100 Å². The Kier molecular flexibility index (Phi) is 10.7.